The maximum atomic E-state index is 11.1. The van der Waals surface area contributed by atoms with Crippen LogP contribution < -0.4 is 4.74 Å². The summed E-state index contributed by atoms with van der Waals surface area (Å²) in [5, 5.41) is 0. The van der Waals surface area contributed by atoms with Crippen LogP contribution in [0.25, 0.3) is 17.2 Å². The van der Waals surface area contributed by atoms with Gasteiger partial charge in [-0.3, -0.25) is 0 Å². The van der Waals surface area contributed by atoms with Crippen molar-refractivity contribution in [1.82, 2.24) is 0 Å². The van der Waals surface area contributed by atoms with E-state index in [4.69, 9.17) is 9.47 Å². The average molecular weight is 383 g/mol. The van der Waals surface area contributed by atoms with E-state index in [1.165, 1.54) is 32.4 Å². The third-order valence-electron chi connectivity index (χ3n) is 4.47. The summed E-state index contributed by atoms with van der Waals surface area (Å²) in [5.41, 5.74) is 3.21. The Balaban J connectivity index is 1.76. The molecule has 0 spiro atoms. The van der Waals surface area contributed by atoms with Gasteiger partial charge in [-0.1, -0.05) is 55.7 Å². The Morgan fingerprint density at radius 2 is 1.36 bits per heavy atom. The lowest BCUT2D eigenvalue weighted by Gasteiger charge is -2.08. The highest BCUT2D eigenvalue weighted by Gasteiger charge is 2.00. The molecule has 0 fully saturated rings. The Kier molecular flexibility index (Phi) is 9.87. The molecule has 0 atom stereocenters. The fourth-order valence-corrected chi connectivity index (χ4v) is 2.83. The van der Waals surface area contributed by atoms with Crippen LogP contribution in [0.15, 0.2) is 54.6 Å². The Bertz CT molecular complexity index is 717. The zero-order valence-electron chi connectivity index (χ0n) is 16.9. The quantitative estimate of drug-likeness (QED) is 0.276. The van der Waals surface area contributed by atoms with E-state index in [2.05, 4.69) is 16.9 Å². The van der Waals surface area contributed by atoms with Gasteiger partial charge >= 0.3 is 5.97 Å². The smallest absolute Gasteiger partial charge is 0.330 e. The number of ether oxygens (including phenoxy) is 3. The molecule has 0 unspecified atom stereocenters. The van der Waals surface area contributed by atoms with Gasteiger partial charge in [0, 0.05) is 19.8 Å². The number of esters is 1. The van der Waals surface area contributed by atoms with E-state index in [-0.39, 0.29) is 5.97 Å². The maximum absolute atomic E-state index is 11.1. The maximum Gasteiger partial charge on any atom is 0.330 e. The van der Waals surface area contributed by atoms with Crippen molar-refractivity contribution in [2.45, 2.75) is 32.1 Å². The van der Waals surface area contributed by atoms with Gasteiger partial charge in [0.2, 0.25) is 0 Å². The predicted molar refractivity (Wildman–Crippen MR) is 113 cm³/mol. The van der Waals surface area contributed by atoms with E-state index < -0.39 is 0 Å². The van der Waals surface area contributed by atoms with E-state index in [0.717, 1.165) is 48.5 Å². The van der Waals surface area contributed by atoms with Crippen molar-refractivity contribution in [2.75, 3.05) is 27.4 Å². The van der Waals surface area contributed by atoms with Gasteiger partial charge in [0.05, 0.1) is 13.7 Å². The second-order valence-corrected chi connectivity index (χ2v) is 6.61. The first-order chi connectivity index (χ1) is 13.7. The second-order valence-electron chi connectivity index (χ2n) is 6.61. The minimum Gasteiger partial charge on any atom is -0.494 e. The molecule has 0 aromatic heterocycles. The molecular formula is C24H30O4. The van der Waals surface area contributed by atoms with E-state index in [1.807, 2.05) is 36.4 Å². The lowest BCUT2D eigenvalue weighted by atomic mass is 10.0. The van der Waals surface area contributed by atoms with Crippen LogP contribution in [0.1, 0.15) is 37.7 Å². The molecular weight excluding hydrogens is 352 g/mol. The molecule has 28 heavy (non-hydrogen) atoms. The van der Waals surface area contributed by atoms with E-state index in [1.54, 1.807) is 13.2 Å². The number of hydrogen-bond donors (Lipinski definition) is 0. The molecule has 0 radical (unpaired) electrons. The number of unbranched alkanes of at least 4 members (excludes halogenated alkanes) is 4. The highest BCUT2D eigenvalue weighted by atomic mass is 16.5. The highest BCUT2D eigenvalue weighted by molar-refractivity contribution is 5.87. The minimum absolute atomic E-state index is 0.356. The molecule has 0 amide bonds. The molecule has 2 aromatic rings. The second kappa shape index (κ2) is 12.7. The minimum atomic E-state index is -0.356. The lowest BCUT2D eigenvalue weighted by Crippen LogP contribution is -1.97. The summed E-state index contributed by atoms with van der Waals surface area (Å²) >= 11 is 0. The summed E-state index contributed by atoms with van der Waals surface area (Å²) in [5.74, 6) is 0.548. The van der Waals surface area contributed by atoms with Crippen molar-refractivity contribution in [3.63, 3.8) is 0 Å². The van der Waals surface area contributed by atoms with Gasteiger partial charge in [-0.25, -0.2) is 4.79 Å². The first-order valence-electron chi connectivity index (χ1n) is 9.81. The number of rotatable bonds is 12. The van der Waals surface area contributed by atoms with Crippen LogP contribution in [0, 0.1) is 0 Å². The van der Waals surface area contributed by atoms with Crippen LogP contribution in [0.2, 0.25) is 0 Å². The summed E-state index contributed by atoms with van der Waals surface area (Å²) < 4.78 is 15.5. The van der Waals surface area contributed by atoms with Gasteiger partial charge in [-0.2, -0.15) is 0 Å². The molecule has 0 heterocycles. The number of methoxy groups -OCH3 is 2. The molecule has 2 rings (SSSR count). The van der Waals surface area contributed by atoms with E-state index in [0.29, 0.717) is 0 Å². The monoisotopic (exact) mass is 382 g/mol. The summed E-state index contributed by atoms with van der Waals surface area (Å²) in [7, 11) is 3.12. The zero-order valence-corrected chi connectivity index (χ0v) is 16.9. The molecule has 0 saturated heterocycles. The fourth-order valence-electron chi connectivity index (χ4n) is 2.83. The van der Waals surface area contributed by atoms with Crippen LogP contribution >= 0.6 is 0 Å². The predicted octanol–water partition coefficient (Wildman–Crippen LogP) is 5.52. The fraction of sp³-hybridized carbons (Fsp3) is 0.375. The molecule has 0 saturated carbocycles. The summed E-state index contributed by atoms with van der Waals surface area (Å²) in [6.45, 7) is 1.61. The van der Waals surface area contributed by atoms with Gasteiger partial charge < -0.3 is 14.2 Å². The number of hydrogen-bond acceptors (Lipinski definition) is 4. The standard InChI is InChI=1S/C24H30O4/c1-26-18-6-4-3-5-7-19-28-23-15-13-22(14-16-23)21-11-8-20(9-12-21)10-17-24(25)27-2/h8-17H,3-7,18-19H2,1-2H3. The van der Waals surface area contributed by atoms with Crippen molar-refractivity contribution >= 4 is 12.0 Å². The van der Waals surface area contributed by atoms with Crippen LogP contribution in [0.5, 0.6) is 5.75 Å². The number of carbonyl (C=O) groups is 1. The van der Waals surface area contributed by atoms with Gasteiger partial charge in [-0.05, 0) is 47.7 Å². The van der Waals surface area contributed by atoms with Crippen LogP contribution in [0.4, 0.5) is 0 Å². The molecule has 0 aliphatic carbocycles. The number of carbonyl (C=O) groups excluding carboxylic acids is 1. The van der Waals surface area contributed by atoms with Crippen LogP contribution in [0.3, 0.4) is 0 Å². The van der Waals surface area contributed by atoms with Gasteiger partial charge in [0.1, 0.15) is 5.75 Å². The normalized spacial score (nSPS) is 10.9. The first-order valence-corrected chi connectivity index (χ1v) is 9.81. The summed E-state index contributed by atoms with van der Waals surface area (Å²) in [4.78, 5) is 11.1. The molecule has 0 aliphatic rings. The molecule has 0 aliphatic heterocycles. The Hall–Kier alpha value is -2.59. The van der Waals surface area contributed by atoms with Crippen LogP contribution in [-0.2, 0) is 14.3 Å². The van der Waals surface area contributed by atoms with Crippen molar-refractivity contribution in [3.8, 4) is 16.9 Å². The van der Waals surface area contributed by atoms with E-state index >= 15 is 0 Å². The van der Waals surface area contributed by atoms with Crippen molar-refractivity contribution in [1.29, 1.82) is 0 Å². The van der Waals surface area contributed by atoms with Gasteiger partial charge in [-0.15, -0.1) is 0 Å². The molecule has 2 aromatic carbocycles. The third-order valence-corrected chi connectivity index (χ3v) is 4.47. The van der Waals surface area contributed by atoms with Gasteiger partial charge in [0.15, 0.2) is 0 Å². The largest absolute Gasteiger partial charge is 0.494 e. The summed E-state index contributed by atoms with van der Waals surface area (Å²) in [6, 6.07) is 16.2. The van der Waals surface area contributed by atoms with Crippen LogP contribution in [-0.4, -0.2) is 33.4 Å². The van der Waals surface area contributed by atoms with Crippen molar-refractivity contribution in [3.05, 3.63) is 60.2 Å². The topological polar surface area (TPSA) is 44.8 Å². The lowest BCUT2D eigenvalue weighted by molar-refractivity contribution is -0.134. The highest BCUT2D eigenvalue weighted by Crippen LogP contribution is 2.23. The van der Waals surface area contributed by atoms with Crippen molar-refractivity contribution < 1.29 is 19.0 Å². The Morgan fingerprint density at radius 1 is 0.786 bits per heavy atom. The average Bonchev–Trinajstić information content (AvgIpc) is 2.74. The first kappa shape index (κ1) is 21.7. The summed E-state index contributed by atoms with van der Waals surface area (Å²) in [6.07, 6.45) is 9.02. The SMILES string of the molecule is COCCCCCCCOc1ccc(-c2ccc(C=CC(=O)OC)cc2)cc1. The Morgan fingerprint density at radius 3 is 1.96 bits per heavy atom. The molecule has 0 bridgehead atoms. The number of benzene rings is 2. The third kappa shape index (κ3) is 7.97. The Labute approximate surface area is 168 Å². The molecule has 4 nitrogen and oxygen atoms in total. The van der Waals surface area contributed by atoms with Gasteiger partial charge in [0.25, 0.3) is 0 Å². The van der Waals surface area contributed by atoms with Crippen molar-refractivity contribution in [2.24, 2.45) is 0 Å². The molecule has 0 N–H and O–H groups in total. The zero-order chi connectivity index (χ0) is 20.0. The molecule has 150 valence electrons. The molecule has 4 heteroatoms. The van der Waals surface area contributed by atoms with E-state index in [9.17, 15) is 4.79 Å².